The van der Waals surface area contributed by atoms with Crippen LogP contribution in [-0.2, 0) is 6.42 Å². The SMILES string of the molecule is CC#CCC(N)Cc1c(F)cccc1Cl. The molecule has 1 rings (SSSR count). The van der Waals surface area contributed by atoms with Gasteiger partial charge in [-0.3, -0.25) is 0 Å². The summed E-state index contributed by atoms with van der Waals surface area (Å²) in [5.41, 5.74) is 6.28. The van der Waals surface area contributed by atoms with Crippen molar-refractivity contribution in [3.05, 3.63) is 34.6 Å². The van der Waals surface area contributed by atoms with E-state index in [0.717, 1.165) is 0 Å². The second-order valence-corrected chi connectivity index (χ2v) is 3.70. The molecule has 15 heavy (non-hydrogen) atoms. The van der Waals surface area contributed by atoms with Gasteiger partial charge in [0.2, 0.25) is 0 Å². The third kappa shape index (κ3) is 3.54. The number of hydrogen-bond donors (Lipinski definition) is 1. The Balaban J connectivity index is 2.74. The molecule has 0 aliphatic rings. The molecule has 2 N–H and O–H groups in total. The summed E-state index contributed by atoms with van der Waals surface area (Å²) >= 11 is 5.88. The average Bonchev–Trinajstić information content (AvgIpc) is 2.21. The highest BCUT2D eigenvalue weighted by Gasteiger charge is 2.10. The minimum atomic E-state index is -0.303. The van der Waals surface area contributed by atoms with E-state index >= 15 is 0 Å². The molecular weight excluding hydrogens is 213 g/mol. The topological polar surface area (TPSA) is 26.0 Å². The zero-order valence-electron chi connectivity index (χ0n) is 8.56. The summed E-state index contributed by atoms with van der Waals surface area (Å²) in [6.45, 7) is 1.75. The summed E-state index contributed by atoms with van der Waals surface area (Å²) < 4.78 is 13.4. The van der Waals surface area contributed by atoms with E-state index in [1.165, 1.54) is 6.07 Å². The molecule has 1 unspecified atom stereocenters. The summed E-state index contributed by atoms with van der Waals surface area (Å²) in [5, 5.41) is 0.426. The zero-order valence-corrected chi connectivity index (χ0v) is 9.31. The maximum atomic E-state index is 13.4. The number of hydrogen-bond acceptors (Lipinski definition) is 1. The lowest BCUT2D eigenvalue weighted by molar-refractivity contribution is 0.589. The van der Waals surface area contributed by atoms with Crippen LogP contribution < -0.4 is 5.73 Å². The van der Waals surface area contributed by atoms with Crippen LogP contribution in [-0.4, -0.2) is 6.04 Å². The van der Waals surface area contributed by atoms with Crippen LogP contribution in [0.1, 0.15) is 18.9 Å². The van der Waals surface area contributed by atoms with Gasteiger partial charge in [-0.05, 0) is 25.5 Å². The average molecular weight is 226 g/mol. The second kappa shape index (κ2) is 5.75. The fraction of sp³-hybridized carbons (Fsp3) is 0.333. The van der Waals surface area contributed by atoms with Crippen LogP contribution in [0.15, 0.2) is 18.2 Å². The first-order valence-electron chi connectivity index (χ1n) is 4.73. The van der Waals surface area contributed by atoms with Crippen molar-refractivity contribution < 1.29 is 4.39 Å². The van der Waals surface area contributed by atoms with Gasteiger partial charge in [0.1, 0.15) is 5.82 Å². The van der Waals surface area contributed by atoms with Crippen LogP contribution in [0.2, 0.25) is 5.02 Å². The van der Waals surface area contributed by atoms with E-state index in [-0.39, 0.29) is 11.9 Å². The van der Waals surface area contributed by atoms with Crippen molar-refractivity contribution in [3.63, 3.8) is 0 Å². The largest absolute Gasteiger partial charge is 0.327 e. The number of benzene rings is 1. The van der Waals surface area contributed by atoms with Gasteiger partial charge < -0.3 is 5.73 Å². The number of nitrogens with two attached hydrogens (primary N) is 1. The Morgan fingerprint density at radius 1 is 1.53 bits per heavy atom. The van der Waals surface area contributed by atoms with Gasteiger partial charge in [0.05, 0.1) is 0 Å². The first-order valence-corrected chi connectivity index (χ1v) is 5.11. The summed E-state index contributed by atoms with van der Waals surface area (Å²) in [6, 6.07) is 4.46. The normalized spacial score (nSPS) is 11.7. The molecule has 0 bridgehead atoms. The van der Waals surface area contributed by atoms with Crippen molar-refractivity contribution in [2.45, 2.75) is 25.8 Å². The number of halogens is 2. The smallest absolute Gasteiger partial charge is 0.127 e. The highest BCUT2D eigenvalue weighted by molar-refractivity contribution is 6.31. The summed E-state index contributed by atoms with van der Waals surface area (Å²) in [5.74, 6) is 5.32. The molecule has 1 nitrogen and oxygen atoms in total. The van der Waals surface area contributed by atoms with Crippen LogP contribution in [0.4, 0.5) is 4.39 Å². The fourth-order valence-corrected chi connectivity index (χ4v) is 1.54. The van der Waals surface area contributed by atoms with Crippen LogP contribution in [0, 0.1) is 17.7 Å². The Kier molecular flexibility index (Phi) is 4.61. The standard InChI is InChI=1S/C12H13ClFN/c1-2-3-5-9(15)8-10-11(13)6-4-7-12(10)14/h4,6-7,9H,5,8,15H2,1H3. The molecule has 80 valence electrons. The van der Waals surface area contributed by atoms with Crippen molar-refractivity contribution >= 4 is 11.6 Å². The Labute approximate surface area is 94.4 Å². The lowest BCUT2D eigenvalue weighted by atomic mass is 10.0. The second-order valence-electron chi connectivity index (χ2n) is 3.30. The highest BCUT2D eigenvalue weighted by Crippen LogP contribution is 2.20. The summed E-state index contributed by atoms with van der Waals surface area (Å²) in [4.78, 5) is 0. The van der Waals surface area contributed by atoms with E-state index in [4.69, 9.17) is 17.3 Å². The Hall–Kier alpha value is -1.04. The molecule has 0 spiro atoms. The molecule has 0 heterocycles. The predicted molar refractivity (Wildman–Crippen MR) is 61.2 cm³/mol. The third-order valence-electron chi connectivity index (χ3n) is 2.07. The third-order valence-corrected chi connectivity index (χ3v) is 2.42. The predicted octanol–water partition coefficient (Wildman–Crippen LogP) is 2.76. The van der Waals surface area contributed by atoms with Crippen molar-refractivity contribution in [1.82, 2.24) is 0 Å². The molecule has 0 fully saturated rings. The van der Waals surface area contributed by atoms with E-state index < -0.39 is 0 Å². The molecule has 0 aromatic heterocycles. The van der Waals surface area contributed by atoms with Crippen molar-refractivity contribution in [3.8, 4) is 11.8 Å². The van der Waals surface area contributed by atoms with E-state index in [1.54, 1.807) is 19.1 Å². The first kappa shape index (κ1) is 12.0. The molecule has 0 aliphatic heterocycles. The number of rotatable bonds is 3. The fourth-order valence-electron chi connectivity index (χ4n) is 1.29. The molecule has 3 heteroatoms. The van der Waals surface area contributed by atoms with Crippen molar-refractivity contribution in [2.24, 2.45) is 5.73 Å². The summed E-state index contributed by atoms with van der Waals surface area (Å²) in [7, 11) is 0. The van der Waals surface area contributed by atoms with Crippen LogP contribution in [0.5, 0.6) is 0 Å². The van der Waals surface area contributed by atoms with Gasteiger partial charge in [-0.2, -0.15) is 0 Å². The molecular formula is C12H13ClFN. The van der Waals surface area contributed by atoms with Gasteiger partial charge >= 0.3 is 0 Å². The van der Waals surface area contributed by atoms with Gasteiger partial charge in [-0.15, -0.1) is 11.8 Å². The minimum Gasteiger partial charge on any atom is -0.327 e. The van der Waals surface area contributed by atoms with Crippen LogP contribution in [0.25, 0.3) is 0 Å². The van der Waals surface area contributed by atoms with E-state index in [0.29, 0.717) is 23.4 Å². The maximum absolute atomic E-state index is 13.4. The van der Waals surface area contributed by atoms with Crippen molar-refractivity contribution in [1.29, 1.82) is 0 Å². The zero-order chi connectivity index (χ0) is 11.3. The van der Waals surface area contributed by atoms with Gasteiger partial charge in [0.25, 0.3) is 0 Å². The molecule has 1 atom stereocenters. The molecule has 0 saturated heterocycles. The molecule has 0 amide bonds. The molecule has 0 saturated carbocycles. The monoisotopic (exact) mass is 225 g/mol. The lowest BCUT2D eigenvalue weighted by Gasteiger charge is -2.10. The molecule has 0 aliphatic carbocycles. The van der Waals surface area contributed by atoms with E-state index in [2.05, 4.69) is 11.8 Å². The molecule has 1 aromatic rings. The summed E-state index contributed by atoms with van der Waals surface area (Å²) in [6.07, 6.45) is 0.974. The first-order chi connectivity index (χ1) is 7.15. The quantitative estimate of drug-likeness (QED) is 0.787. The van der Waals surface area contributed by atoms with Gasteiger partial charge in [0.15, 0.2) is 0 Å². The Morgan fingerprint density at radius 2 is 2.27 bits per heavy atom. The van der Waals surface area contributed by atoms with E-state index in [1.807, 2.05) is 0 Å². The van der Waals surface area contributed by atoms with Crippen LogP contribution in [0.3, 0.4) is 0 Å². The van der Waals surface area contributed by atoms with Gasteiger partial charge in [-0.1, -0.05) is 17.7 Å². The molecule has 0 radical (unpaired) electrons. The van der Waals surface area contributed by atoms with Crippen LogP contribution >= 0.6 is 11.6 Å². The molecule has 1 aromatic carbocycles. The highest BCUT2D eigenvalue weighted by atomic mass is 35.5. The Morgan fingerprint density at radius 3 is 2.87 bits per heavy atom. The minimum absolute atomic E-state index is 0.174. The Bertz CT molecular complexity index is 372. The van der Waals surface area contributed by atoms with Gasteiger partial charge in [0, 0.05) is 23.0 Å². The van der Waals surface area contributed by atoms with Crippen molar-refractivity contribution in [2.75, 3.05) is 0 Å². The van der Waals surface area contributed by atoms with Gasteiger partial charge in [-0.25, -0.2) is 4.39 Å². The lowest BCUT2D eigenvalue weighted by Crippen LogP contribution is -2.22. The van der Waals surface area contributed by atoms with E-state index in [9.17, 15) is 4.39 Å². The maximum Gasteiger partial charge on any atom is 0.127 e.